The molecule has 30 heavy (non-hydrogen) atoms. The van der Waals surface area contributed by atoms with Crippen molar-refractivity contribution < 1.29 is 29.3 Å². The Morgan fingerprint density at radius 2 is 1.57 bits per heavy atom. The molecule has 0 saturated carbocycles. The standard InChI is InChI=1S/C18H24N4O8/c1-27-17-12-15-14(5-6-19-16(15)13-18(17)28-2)4-3-7-20(8-10-29-21(23)24)9-11-30-22(25)26/h5-6,12-13H,3-4,7-11H2,1-2H3. The number of pyridine rings is 1. The van der Waals surface area contributed by atoms with Gasteiger partial charge in [-0.2, -0.15) is 0 Å². The fourth-order valence-electron chi connectivity index (χ4n) is 3.07. The smallest absolute Gasteiger partial charge is 0.294 e. The maximum Gasteiger partial charge on any atom is 0.294 e. The lowest BCUT2D eigenvalue weighted by Crippen LogP contribution is -2.33. The van der Waals surface area contributed by atoms with Gasteiger partial charge in [-0.05, 0) is 37.1 Å². The second-order valence-corrected chi connectivity index (χ2v) is 6.25. The molecule has 0 fully saturated rings. The number of fused-ring (bicyclic) bond motifs is 1. The lowest BCUT2D eigenvalue weighted by Gasteiger charge is -2.21. The largest absolute Gasteiger partial charge is 0.493 e. The predicted octanol–water partition coefficient (Wildman–Crippen LogP) is 1.90. The van der Waals surface area contributed by atoms with Crippen molar-refractivity contribution in [2.24, 2.45) is 0 Å². The minimum Gasteiger partial charge on any atom is -0.493 e. The van der Waals surface area contributed by atoms with Crippen LogP contribution in [-0.4, -0.2) is 67.1 Å². The number of methoxy groups -OCH3 is 2. The van der Waals surface area contributed by atoms with Crippen molar-refractivity contribution in [1.29, 1.82) is 0 Å². The van der Waals surface area contributed by atoms with Crippen LogP contribution < -0.4 is 9.47 Å². The first-order valence-electron chi connectivity index (χ1n) is 9.21. The number of rotatable bonds is 14. The molecule has 12 nitrogen and oxygen atoms in total. The van der Waals surface area contributed by atoms with E-state index in [2.05, 4.69) is 14.7 Å². The molecule has 0 aliphatic heterocycles. The first kappa shape index (κ1) is 22.9. The molecule has 0 saturated heterocycles. The molecule has 0 bridgehead atoms. The van der Waals surface area contributed by atoms with Gasteiger partial charge in [0.15, 0.2) is 11.5 Å². The minimum atomic E-state index is -0.865. The summed E-state index contributed by atoms with van der Waals surface area (Å²) in [6.45, 7) is 0.814. The fraction of sp³-hybridized carbons (Fsp3) is 0.500. The summed E-state index contributed by atoms with van der Waals surface area (Å²) in [4.78, 5) is 35.5. The Labute approximate surface area is 172 Å². The van der Waals surface area contributed by atoms with Crippen LogP contribution in [0.25, 0.3) is 10.9 Å². The van der Waals surface area contributed by atoms with Crippen molar-refractivity contribution in [2.75, 3.05) is 47.1 Å². The molecule has 1 aromatic carbocycles. The maximum absolute atomic E-state index is 10.3. The van der Waals surface area contributed by atoms with Gasteiger partial charge in [-0.1, -0.05) is 0 Å². The zero-order chi connectivity index (χ0) is 21.9. The average molecular weight is 424 g/mol. The Morgan fingerprint density at radius 1 is 0.967 bits per heavy atom. The SMILES string of the molecule is COc1cc2nccc(CCCN(CCO[N+](=O)[O-])CCO[N+](=O)[O-])c2cc1OC. The van der Waals surface area contributed by atoms with Crippen molar-refractivity contribution in [3.8, 4) is 11.5 Å². The normalized spacial score (nSPS) is 10.8. The van der Waals surface area contributed by atoms with Crippen molar-refractivity contribution in [3.05, 3.63) is 50.2 Å². The third kappa shape index (κ3) is 6.88. The Hall–Kier alpha value is -3.41. The Balaban J connectivity index is 2.02. The first-order valence-corrected chi connectivity index (χ1v) is 9.21. The van der Waals surface area contributed by atoms with Crippen LogP contribution in [0.4, 0.5) is 0 Å². The fourth-order valence-corrected chi connectivity index (χ4v) is 3.07. The van der Waals surface area contributed by atoms with E-state index in [-0.39, 0.29) is 26.3 Å². The van der Waals surface area contributed by atoms with E-state index in [0.717, 1.165) is 16.5 Å². The number of aromatic nitrogens is 1. The molecule has 0 aliphatic carbocycles. The lowest BCUT2D eigenvalue weighted by atomic mass is 10.0. The van der Waals surface area contributed by atoms with Gasteiger partial charge in [-0.3, -0.25) is 9.88 Å². The minimum absolute atomic E-state index is 0.124. The third-order valence-corrected chi connectivity index (χ3v) is 4.47. The molecule has 12 heteroatoms. The van der Waals surface area contributed by atoms with E-state index in [1.807, 2.05) is 23.1 Å². The van der Waals surface area contributed by atoms with E-state index in [1.165, 1.54) is 0 Å². The molecular formula is C18H24N4O8. The second kappa shape index (κ2) is 11.6. The van der Waals surface area contributed by atoms with E-state index < -0.39 is 10.2 Å². The van der Waals surface area contributed by atoms with Gasteiger partial charge in [0.05, 0.1) is 19.7 Å². The molecule has 2 aromatic rings. The van der Waals surface area contributed by atoms with E-state index in [1.54, 1.807) is 20.4 Å². The van der Waals surface area contributed by atoms with Gasteiger partial charge < -0.3 is 19.1 Å². The number of benzene rings is 1. The quantitative estimate of drug-likeness (QED) is 0.326. The van der Waals surface area contributed by atoms with Gasteiger partial charge >= 0.3 is 0 Å². The highest BCUT2D eigenvalue weighted by molar-refractivity contribution is 5.85. The molecule has 0 N–H and O–H groups in total. The Bertz CT molecular complexity index is 843. The monoisotopic (exact) mass is 424 g/mol. The van der Waals surface area contributed by atoms with Crippen LogP contribution in [0.1, 0.15) is 12.0 Å². The number of aryl methyl sites for hydroxylation is 1. The summed E-state index contributed by atoms with van der Waals surface area (Å²) in [7, 11) is 3.13. The first-order chi connectivity index (χ1) is 14.4. The van der Waals surface area contributed by atoms with Gasteiger partial charge in [0, 0.05) is 30.7 Å². The number of hydrogen-bond acceptors (Lipinski definition) is 10. The average Bonchev–Trinajstić information content (AvgIpc) is 2.72. The molecule has 0 unspecified atom stereocenters. The molecule has 1 heterocycles. The van der Waals surface area contributed by atoms with E-state index in [9.17, 15) is 20.2 Å². The lowest BCUT2D eigenvalue weighted by molar-refractivity contribution is -0.758. The van der Waals surface area contributed by atoms with Crippen molar-refractivity contribution >= 4 is 10.9 Å². The van der Waals surface area contributed by atoms with Crippen molar-refractivity contribution in [2.45, 2.75) is 12.8 Å². The molecule has 0 spiro atoms. The van der Waals surface area contributed by atoms with E-state index in [4.69, 9.17) is 9.47 Å². The van der Waals surface area contributed by atoms with Gasteiger partial charge in [0.1, 0.15) is 13.2 Å². The number of hydrogen-bond donors (Lipinski definition) is 0. The van der Waals surface area contributed by atoms with Gasteiger partial charge in [-0.15, -0.1) is 20.2 Å². The third-order valence-electron chi connectivity index (χ3n) is 4.47. The van der Waals surface area contributed by atoms with Crippen molar-refractivity contribution in [3.63, 3.8) is 0 Å². The van der Waals surface area contributed by atoms with Gasteiger partial charge in [0.2, 0.25) is 0 Å². The summed E-state index contributed by atoms with van der Waals surface area (Å²) in [6.07, 6.45) is 3.14. The highest BCUT2D eigenvalue weighted by Gasteiger charge is 2.11. The zero-order valence-corrected chi connectivity index (χ0v) is 16.8. The molecule has 0 amide bonds. The summed E-state index contributed by atoms with van der Waals surface area (Å²) >= 11 is 0. The molecule has 0 radical (unpaired) electrons. The maximum atomic E-state index is 10.3. The Kier molecular flexibility index (Phi) is 8.81. The van der Waals surface area contributed by atoms with Crippen LogP contribution >= 0.6 is 0 Å². The van der Waals surface area contributed by atoms with Crippen molar-refractivity contribution in [1.82, 2.24) is 9.88 Å². The second-order valence-electron chi connectivity index (χ2n) is 6.25. The highest BCUT2D eigenvalue weighted by Crippen LogP contribution is 2.32. The number of nitrogens with zero attached hydrogens (tertiary/aromatic N) is 4. The number of ether oxygens (including phenoxy) is 2. The van der Waals surface area contributed by atoms with Gasteiger partial charge in [0.25, 0.3) is 10.2 Å². The topological polar surface area (TPSA) is 139 Å². The highest BCUT2D eigenvalue weighted by atomic mass is 17.0. The summed E-state index contributed by atoms with van der Waals surface area (Å²) in [6, 6.07) is 5.61. The van der Waals surface area contributed by atoms with Gasteiger partial charge in [-0.25, -0.2) is 0 Å². The Morgan fingerprint density at radius 3 is 2.13 bits per heavy atom. The van der Waals surface area contributed by atoms with Crippen LogP contribution in [-0.2, 0) is 16.1 Å². The molecular weight excluding hydrogens is 400 g/mol. The summed E-state index contributed by atoms with van der Waals surface area (Å²) in [5, 5.41) is 19.9. The van der Waals surface area contributed by atoms with Crippen LogP contribution in [0.2, 0.25) is 0 Å². The predicted molar refractivity (Wildman–Crippen MR) is 106 cm³/mol. The van der Waals surface area contributed by atoms with Crippen LogP contribution in [0, 0.1) is 20.2 Å². The van der Waals surface area contributed by atoms with Crippen LogP contribution in [0.15, 0.2) is 24.4 Å². The summed E-state index contributed by atoms with van der Waals surface area (Å²) in [5.41, 5.74) is 1.84. The molecule has 1 aromatic heterocycles. The summed E-state index contributed by atoms with van der Waals surface area (Å²) < 4.78 is 10.7. The molecule has 2 rings (SSSR count). The molecule has 0 aliphatic rings. The van der Waals surface area contributed by atoms with Crippen LogP contribution in [0.5, 0.6) is 11.5 Å². The molecule has 0 atom stereocenters. The zero-order valence-electron chi connectivity index (χ0n) is 16.8. The van der Waals surface area contributed by atoms with E-state index >= 15 is 0 Å². The van der Waals surface area contributed by atoms with Crippen LogP contribution in [0.3, 0.4) is 0 Å². The molecule has 164 valence electrons. The van der Waals surface area contributed by atoms with E-state index in [0.29, 0.717) is 30.9 Å². The summed E-state index contributed by atoms with van der Waals surface area (Å²) in [5.74, 6) is 1.20.